The average Bonchev–Trinajstić information content (AvgIpc) is 2.79. The number of carbonyl (C=O) groups excluding carboxylic acids is 2. The van der Waals surface area contributed by atoms with Gasteiger partial charge in [0.1, 0.15) is 5.75 Å². The Morgan fingerprint density at radius 1 is 1.06 bits per heavy atom. The van der Waals surface area contributed by atoms with E-state index in [1.165, 1.54) is 12.0 Å². The van der Waals surface area contributed by atoms with Crippen molar-refractivity contribution in [2.24, 2.45) is 5.92 Å². The summed E-state index contributed by atoms with van der Waals surface area (Å²) in [6.07, 6.45) is 7.93. The summed E-state index contributed by atoms with van der Waals surface area (Å²) in [4.78, 5) is 25.5. The highest BCUT2D eigenvalue weighted by Crippen LogP contribution is 2.32. The van der Waals surface area contributed by atoms with Crippen LogP contribution in [0.3, 0.4) is 0 Å². The molecule has 4 rings (SSSR count). The zero-order valence-corrected chi connectivity index (χ0v) is 19.2. The van der Waals surface area contributed by atoms with Crippen molar-refractivity contribution in [1.29, 1.82) is 0 Å². The molecule has 0 unspecified atom stereocenters. The normalized spacial score (nSPS) is 19.0. The maximum absolute atomic E-state index is 13.0. The van der Waals surface area contributed by atoms with Crippen LogP contribution in [0.4, 0.5) is 5.69 Å². The van der Waals surface area contributed by atoms with Gasteiger partial charge in [-0.05, 0) is 75.1 Å². The number of ketones is 1. The van der Waals surface area contributed by atoms with Crippen molar-refractivity contribution in [3.8, 4) is 5.75 Å². The Labute approximate surface area is 190 Å². The lowest BCUT2D eigenvalue weighted by molar-refractivity contribution is -0.120. The Morgan fingerprint density at radius 2 is 1.78 bits per heavy atom. The Hall–Kier alpha value is -3.08. The summed E-state index contributed by atoms with van der Waals surface area (Å²) in [5.74, 6) is 0.878. The van der Waals surface area contributed by atoms with Crippen LogP contribution < -0.4 is 15.4 Å². The summed E-state index contributed by atoms with van der Waals surface area (Å²) in [5.41, 5.74) is 4.15. The van der Waals surface area contributed by atoms with Gasteiger partial charge in [0, 0.05) is 40.0 Å². The molecule has 168 valence electrons. The molecular formula is C27H32N2O3. The van der Waals surface area contributed by atoms with Crippen molar-refractivity contribution in [2.75, 3.05) is 12.4 Å². The fourth-order valence-electron chi connectivity index (χ4n) is 4.69. The molecule has 1 heterocycles. The number of carbonyl (C=O) groups is 2. The van der Waals surface area contributed by atoms with E-state index in [9.17, 15) is 9.59 Å². The molecule has 32 heavy (non-hydrogen) atoms. The lowest BCUT2D eigenvalue weighted by atomic mass is 9.85. The van der Waals surface area contributed by atoms with Gasteiger partial charge >= 0.3 is 0 Å². The number of nitrogens with one attached hydrogen (secondary N) is 2. The van der Waals surface area contributed by atoms with Gasteiger partial charge in [0.05, 0.1) is 7.11 Å². The van der Waals surface area contributed by atoms with E-state index in [4.69, 9.17) is 4.74 Å². The van der Waals surface area contributed by atoms with Gasteiger partial charge in [0.25, 0.3) is 0 Å². The average molecular weight is 433 g/mol. The van der Waals surface area contributed by atoms with Crippen LogP contribution in [0.1, 0.15) is 67.4 Å². The van der Waals surface area contributed by atoms with Gasteiger partial charge in [-0.3, -0.25) is 9.59 Å². The minimum absolute atomic E-state index is 0.0795. The first-order valence-electron chi connectivity index (χ1n) is 11.5. The van der Waals surface area contributed by atoms with E-state index >= 15 is 0 Å². The van der Waals surface area contributed by atoms with Crippen LogP contribution in [0.2, 0.25) is 0 Å². The largest absolute Gasteiger partial charge is 0.497 e. The predicted molar refractivity (Wildman–Crippen MR) is 128 cm³/mol. The third-order valence-corrected chi connectivity index (χ3v) is 6.40. The second-order valence-electron chi connectivity index (χ2n) is 9.53. The fraction of sp³-hybridized carbons (Fsp3) is 0.407. The van der Waals surface area contributed by atoms with Crippen molar-refractivity contribution in [1.82, 2.24) is 5.32 Å². The molecule has 1 amide bonds. The van der Waals surface area contributed by atoms with Gasteiger partial charge in [-0.25, -0.2) is 0 Å². The van der Waals surface area contributed by atoms with Crippen LogP contribution in [0, 0.1) is 5.92 Å². The van der Waals surface area contributed by atoms with Crippen molar-refractivity contribution in [3.63, 3.8) is 0 Å². The number of anilines is 1. The molecule has 2 aromatic rings. The maximum atomic E-state index is 13.0. The summed E-state index contributed by atoms with van der Waals surface area (Å²) >= 11 is 0. The van der Waals surface area contributed by atoms with Gasteiger partial charge in [0.2, 0.25) is 5.91 Å². The first-order valence-corrected chi connectivity index (χ1v) is 11.5. The molecule has 0 aromatic heterocycles. The minimum atomic E-state index is -0.152. The number of ether oxygens (including phenoxy) is 1. The minimum Gasteiger partial charge on any atom is -0.497 e. The molecule has 0 bridgehead atoms. The number of rotatable bonds is 5. The Balaban J connectivity index is 1.51. The fourth-order valence-corrected chi connectivity index (χ4v) is 4.69. The van der Waals surface area contributed by atoms with E-state index in [-0.39, 0.29) is 23.1 Å². The molecule has 0 saturated heterocycles. The quantitative estimate of drug-likeness (QED) is 0.493. The maximum Gasteiger partial charge on any atom is 0.227 e. The van der Waals surface area contributed by atoms with Gasteiger partial charge in [-0.1, -0.05) is 25.3 Å². The molecule has 0 atom stereocenters. The van der Waals surface area contributed by atoms with E-state index in [0.29, 0.717) is 5.56 Å². The third kappa shape index (κ3) is 5.04. The Morgan fingerprint density at radius 3 is 2.47 bits per heavy atom. The van der Waals surface area contributed by atoms with E-state index < -0.39 is 0 Å². The van der Waals surface area contributed by atoms with Crippen molar-refractivity contribution < 1.29 is 14.3 Å². The molecule has 0 spiro atoms. The number of benzene rings is 2. The summed E-state index contributed by atoms with van der Waals surface area (Å²) in [6.45, 7) is 4.25. The van der Waals surface area contributed by atoms with Gasteiger partial charge in [-0.2, -0.15) is 0 Å². The molecule has 5 nitrogen and oxygen atoms in total. The van der Waals surface area contributed by atoms with Crippen molar-refractivity contribution in [3.05, 3.63) is 65.2 Å². The molecule has 2 aliphatic rings. The van der Waals surface area contributed by atoms with Gasteiger partial charge < -0.3 is 15.4 Å². The summed E-state index contributed by atoms with van der Waals surface area (Å²) in [7, 11) is 1.64. The second-order valence-corrected chi connectivity index (χ2v) is 9.53. The van der Waals surface area contributed by atoms with E-state index in [2.05, 4.69) is 30.5 Å². The molecule has 1 aliphatic heterocycles. The van der Waals surface area contributed by atoms with Crippen LogP contribution in [-0.2, 0) is 11.2 Å². The molecule has 1 aliphatic carbocycles. The lowest BCUT2D eigenvalue weighted by Crippen LogP contribution is -2.43. The summed E-state index contributed by atoms with van der Waals surface area (Å²) in [6, 6.07) is 13.2. The number of methoxy groups -OCH3 is 1. The van der Waals surface area contributed by atoms with Crippen molar-refractivity contribution >= 4 is 23.1 Å². The van der Waals surface area contributed by atoms with Crippen LogP contribution >= 0.6 is 0 Å². The van der Waals surface area contributed by atoms with Gasteiger partial charge in [-0.15, -0.1) is 0 Å². The predicted octanol–water partition coefficient (Wildman–Crippen LogP) is 5.36. The number of fused-ring (bicyclic) bond motifs is 1. The molecule has 1 saturated carbocycles. The van der Waals surface area contributed by atoms with Crippen LogP contribution in [0.15, 0.2) is 48.5 Å². The van der Waals surface area contributed by atoms with Crippen LogP contribution in [-0.4, -0.2) is 24.3 Å². The first-order chi connectivity index (χ1) is 15.3. The van der Waals surface area contributed by atoms with Crippen molar-refractivity contribution in [2.45, 2.75) is 57.9 Å². The first kappa shape index (κ1) is 22.1. The van der Waals surface area contributed by atoms with Crippen LogP contribution in [0.25, 0.3) is 5.70 Å². The van der Waals surface area contributed by atoms with E-state index in [0.717, 1.165) is 54.8 Å². The van der Waals surface area contributed by atoms with E-state index in [1.807, 2.05) is 24.3 Å². The molecule has 2 aromatic carbocycles. The number of amides is 1. The molecule has 5 heteroatoms. The van der Waals surface area contributed by atoms with Crippen LogP contribution in [0.5, 0.6) is 5.75 Å². The summed E-state index contributed by atoms with van der Waals surface area (Å²) in [5, 5.41) is 6.51. The second kappa shape index (κ2) is 9.19. The van der Waals surface area contributed by atoms with Gasteiger partial charge in [0.15, 0.2) is 5.78 Å². The Bertz CT molecular complexity index is 1030. The molecule has 0 radical (unpaired) electrons. The lowest BCUT2D eigenvalue weighted by Gasteiger charge is -2.35. The smallest absolute Gasteiger partial charge is 0.227 e. The zero-order valence-electron chi connectivity index (χ0n) is 19.2. The molecule has 1 fully saturated rings. The number of hydrogen-bond donors (Lipinski definition) is 2. The third-order valence-electron chi connectivity index (χ3n) is 6.40. The standard InChI is InChI=1S/C27H32N2O3/c1-27(2)17-20-11-14-22(32-3)15-23(20)24(29-27)16-25(30)18-9-12-21(13-10-18)28-26(31)19-7-5-4-6-8-19/h9-16,19,29H,4-8,17H2,1-3H3,(H,28,31). The summed E-state index contributed by atoms with van der Waals surface area (Å²) < 4.78 is 5.38. The molecule has 2 N–H and O–H groups in total. The monoisotopic (exact) mass is 432 g/mol. The SMILES string of the molecule is COc1ccc2c(c1)C(=CC(=O)c1ccc(NC(=O)C3CCCCC3)cc1)NC(C)(C)C2. The Kier molecular flexibility index (Phi) is 6.35. The highest BCUT2D eigenvalue weighted by Gasteiger charge is 2.28. The number of allylic oxidation sites excluding steroid dienone is 1. The van der Waals surface area contributed by atoms with E-state index in [1.54, 1.807) is 25.3 Å². The number of hydrogen-bond acceptors (Lipinski definition) is 4. The highest BCUT2D eigenvalue weighted by molar-refractivity contribution is 6.09. The topological polar surface area (TPSA) is 67.4 Å². The zero-order chi connectivity index (χ0) is 22.7. The highest BCUT2D eigenvalue weighted by atomic mass is 16.5. The molecular weight excluding hydrogens is 400 g/mol.